The van der Waals surface area contributed by atoms with E-state index in [0.29, 0.717) is 18.4 Å². The maximum Gasteiger partial charge on any atom is 0.243 e. The van der Waals surface area contributed by atoms with Crippen molar-refractivity contribution in [3.05, 3.63) is 29.8 Å². The molecule has 1 aliphatic rings. The molecule has 1 saturated carbocycles. The first-order chi connectivity index (χ1) is 7.93. The van der Waals surface area contributed by atoms with Crippen molar-refractivity contribution in [2.24, 2.45) is 0 Å². The Labute approximate surface area is 102 Å². The lowest BCUT2D eigenvalue weighted by atomic mass is 10.2. The van der Waals surface area contributed by atoms with E-state index in [1.165, 1.54) is 0 Å². The highest BCUT2D eigenvalue weighted by Crippen LogP contribution is 2.29. The molecule has 2 rings (SSSR count). The minimum Gasteiger partial charge on any atom is -0.375 e. The van der Waals surface area contributed by atoms with Gasteiger partial charge in [-0.3, -0.25) is 0 Å². The number of aliphatic hydroxyl groups is 1. The fourth-order valence-electron chi connectivity index (χ4n) is 2.22. The van der Waals surface area contributed by atoms with E-state index in [4.69, 9.17) is 0 Å². The second kappa shape index (κ2) is 4.40. The Kier molecular flexibility index (Phi) is 3.25. The third-order valence-corrected chi connectivity index (χ3v) is 4.82. The Morgan fingerprint density at radius 3 is 2.41 bits per heavy atom. The molecular formula is C12H17NO3S. The molecule has 2 N–H and O–H groups in total. The quantitative estimate of drug-likeness (QED) is 0.805. The standard InChI is InChI=1S/C12H17NO3S/c1-10-6-2-3-7-11(10)17(15,16)13-12(14)8-4-5-9-12/h2-3,6-7,13-14H,4-5,8-9H2,1H3. The van der Waals surface area contributed by atoms with Crippen LogP contribution in [-0.4, -0.2) is 19.2 Å². The van der Waals surface area contributed by atoms with E-state index in [0.717, 1.165) is 12.8 Å². The van der Waals surface area contributed by atoms with Gasteiger partial charge in [0.15, 0.2) is 0 Å². The van der Waals surface area contributed by atoms with Crippen molar-refractivity contribution >= 4 is 10.0 Å². The zero-order valence-electron chi connectivity index (χ0n) is 9.81. The van der Waals surface area contributed by atoms with Crippen LogP contribution in [0, 0.1) is 6.92 Å². The number of benzene rings is 1. The highest BCUT2D eigenvalue weighted by molar-refractivity contribution is 7.89. The number of hydrogen-bond donors (Lipinski definition) is 2. The number of sulfonamides is 1. The molecule has 1 aromatic rings. The van der Waals surface area contributed by atoms with Crippen molar-refractivity contribution in [3.8, 4) is 0 Å². The van der Waals surface area contributed by atoms with Gasteiger partial charge in [-0.05, 0) is 44.2 Å². The van der Waals surface area contributed by atoms with Crippen LogP contribution in [0.25, 0.3) is 0 Å². The van der Waals surface area contributed by atoms with Crippen LogP contribution in [0.2, 0.25) is 0 Å². The van der Waals surface area contributed by atoms with E-state index in [-0.39, 0.29) is 4.90 Å². The van der Waals surface area contributed by atoms with Crippen molar-refractivity contribution < 1.29 is 13.5 Å². The van der Waals surface area contributed by atoms with Gasteiger partial charge in [0.1, 0.15) is 5.72 Å². The second-order valence-corrected chi connectivity index (χ2v) is 6.26. The molecule has 0 heterocycles. The summed E-state index contributed by atoms with van der Waals surface area (Å²) in [5, 5.41) is 10.1. The summed E-state index contributed by atoms with van der Waals surface area (Å²) in [5.74, 6) is 0. The molecule has 4 nitrogen and oxygen atoms in total. The summed E-state index contributed by atoms with van der Waals surface area (Å²) in [7, 11) is -3.63. The first kappa shape index (κ1) is 12.5. The zero-order chi connectivity index (χ0) is 12.5. The summed E-state index contributed by atoms with van der Waals surface area (Å²) in [5.41, 5.74) is -0.581. The number of nitrogens with one attached hydrogen (secondary N) is 1. The van der Waals surface area contributed by atoms with Crippen molar-refractivity contribution in [2.45, 2.75) is 43.2 Å². The van der Waals surface area contributed by atoms with Crippen LogP contribution in [-0.2, 0) is 10.0 Å². The van der Waals surface area contributed by atoms with Gasteiger partial charge < -0.3 is 5.11 Å². The molecule has 94 valence electrons. The molecule has 17 heavy (non-hydrogen) atoms. The lowest BCUT2D eigenvalue weighted by Crippen LogP contribution is -2.46. The molecule has 0 bridgehead atoms. The SMILES string of the molecule is Cc1ccccc1S(=O)(=O)NC1(O)CCCC1. The molecule has 0 radical (unpaired) electrons. The highest BCUT2D eigenvalue weighted by Gasteiger charge is 2.36. The van der Waals surface area contributed by atoms with Crippen molar-refractivity contribution in [1.29, 1.82) is 0 Å². The Bertz CT molecular complexity index is 504. The summed E-state index contributed by atoms with van der Waals surface area (Å²) in [4.78, 5) is 0.236. The molecule has 0 aliphatic heterocycles. The van der Waals surface area contributed by atoms with Gasteiger partial charge >= 0.3 is 0 Å². The molecule has 5 heteroatoms. The summed E-state index contributed by atoms with van der Waals surface area (Å²) >= 11 is 0. The molecule has 0 unspecified atom stereocenters. The first-order valence-corrected chi connectivity index (χ1v) is 7.23. The number of hydrogen-bond acceptors (Lipinski definition) is 3. The molecule has 1 aromatic carbocycles. The minimum absolute atomic E-state index is 0.236. The normalized spacial score (nSPS) is 19.4. The average Bonchev–Trinajstić information content (AvgIpc) is 2.64. The highest BCUT2D eigenvalue weighted by atomic mass is 32.2. The molecule has 1 fully saturated rings. The van der Waals surface area contributed by atoms with Crippen molar-refractivity contribution in [2.75, 3.05) is 0 Å². The van der Waals surface area contributed by atoms with Crippen LogP contribution in [0.1, 0.15) is 31.2 Å². The van der Waals surface area contributed by atoms with Crippen LogP contribution in [0.5, 0.6) is 0 Å². The second-order valence-electron chi connectivity index (χ2n) is 4.61. The number of aryl methyl sites for hydroxylation is 1. The molecule has 0 saturated heterocycles. The Hall–Kier alpha value is -0.910. The summed E-state index contributed by atoms with van der Waals surface area (Å²) in [6.45, 7) is 1.74. The van der Waals surface area contributed by atoms with Gasteiger partial charge in [0.25, 0.3) is 0 Å². The van der Waals surface area contributed by atoms with E-state index < -0.39 is 15.7 Å². The summed E-state index contributed by atoms with van der Waals surface area (Å²) in [6.07, 6.45) is 2.68. The largest absolute Gasteiger partial charge is 0.375 e. The van der Waals surface area contributed by atoms with E-state index in [2.05, 4.69) is 4.72 Å². The van der Waals surface area contributed by atoms with Crippen LogP contribution < -0.4 is 4.72 Å². The van der Waals surface area contributed by atoms with Gasteiger partial charge in [0, 0.05) is 0 Å². The molecule has 0 aromatic heterocycles. The van der Waals surface area contributed by atoms with E-state index in [1.807, 2.05) is 0 Å². The monoisotopic (exact) mass is 255 g/mol. The van der Waals surface area contributed by atoms with Gasteiger partial charge in [0.05, 0.1) is 4.90 Å². The van der Waals surface area contributed by atoms with Crippen LogP contribution >= 0.6 is 0 Å². The molecule has 0 amide bonds. The topological polar surface area (TPSA) is 66.4 Å². The van der Waals surface area contributed by atoms with Crippen LogP contribution in [0.15, 0.2) is 29.2 Å². The minimum atomic E-state index is -3.63. The molecular weight excluding hydrogens is 238 g/mol. The summed E-state index contributed by atoms with van der Waals surface area (Å²) in [6, 6.07) is 6.77. The van der Waals surface area contributed by atoms with Gasteiger partial charge in [-0.1, -0.05) is 18.2 Å². The summed E-state index contributed by atoms with van der Waals surface area (Å²) < 4.78 is 26.7. The average molecular weight is 255 g/mol. The van der Waals surface area contributed by atoms with Gasteiger partial charge in [-0.15, -0.1) is 0 Å². The Balaban J connectivity index is 2.28. The molecule has 1 aliphatic carbocycles. The Morgan fingerprint density at radius 1 is 1.24 bits per heavy atom. The van der Waals surface area contributed by atoms with E-state index >= 15 is 0 Å². The number of rotatable bonds is 3. The van der Waals surface area contributed by atoms with Gasteiger partial charge in [-0.25, -0.2) is 8.42 Å². The fraction of sp³-hybridized carbons (Fsp3) is 0.500. The first-order valence-electron chi connectivity index (χ1n) is 5.75. The lowest BCUT2D eigenvalue weighted by molar-refractivity contribution is 0.0363. The maximum absolute atomic E-state index is 12.1. The zero-order valence-corrected chi connectivity index (χ0v) is 10.6. The Morgan fingerprint density at radius 2 is 1.82 bits per heavy atom. The van der Waals surface area contributed by atoms with E-state index in [1.54, 1.807) is 31.2 Å². The van der Waals surface area contributed by atoms with Crippen molar-refractivity contribution in [1.82, 2.24) is 4.72 Å². The smallest absolute Gasteiger partial charge is 0.243 e. The maximum atomic E-state index is 12.1. The lowest BCUT2D eigenvalue weighted by Gasteiger charge is -2.23. The fourth-order valence-corrected chi connectivity index (χ4v) is 3.79. The van der Waals surface area contributed by atoms with Gasteiger partial charge in [0.2, 0.25) is 10.0 Å². The predicted octanol–water partition coefficient (Wildman–Crippen LogP) is 1.54. The van der Waals surface area contributed by atoms with Crippen LogP contribution in [0.4, 0.5) is 0 Å². The van der Waals surface area contributed by atoms with E-state index in [9.17, 15) is 13.5 Å². The van der Waals surface area contributed by atoms with Crippen LogP contribution in [0.3, 0.4) is 0 Å². The molecule has 0 spiro atoms. The predicted molar refractivity (Wildman–Crippen MR) is 64.9 cm³/mol. The van der Waals surface area contributed by atoms with Gasteiger partial charge in [-0.2, -0.15) is 4.72 Å². The van der Waals surface area contributed by atoms with Crippen molar-refractivity contribution in [3.63, 3.8) is 0 Å². The third-order valence-electron chi connectivity index (χ3n) is 3.14. The molecule has 0 atom stereocenters. The third kappa shape index (κ3) is 2.68.